The van der Waals surface area contributed by atoms with Crippen LogP contribution in [-0.2, 0) is 20.7 Å². The van der Waals surface area contributed by atoms with E-state index in [2.05, 4.69) is 0 Å². The van der Waals surface area contributed by atoms with E-state index in [9.17, 15) is 23.2 Å². The molecular weight excluding hydrogens is 418 g/mol. The highest BCUT2D eigenvalue weighted by atomic mass is 19.1. The molecule has 8 heteroatoms. The van der Waals surface area contributed by atoms with Crippen molar-refractivity contribution in [3.8, 4) is 0 Å². The summed E-state index contributed by atoms with van der Waals surface area (Å²) in [6, 6.07) is 10.5. The Morgan fingerprint density at radius 3 is 2.47 bits per heavy atom. The monoisotopic (exact) mass is 442 g/mol. The van der Waals surface area contributed by atoms with Gasteiger partial charge in [0.05, 0.1) is 11.5 Å². The van der Waals surface area contributed by atoms with Gasteiger partial charge in [-0.15, -0.1) is 0 Å². The molecule has 2 aliphatic heterocycles. The number of hydrogen-bond acceptors (Lipinski definition) is 4. The summed E-state index contributed by atoms with van der Waals surface area (Å²) in [5, 5.41) is 0. The first-order valence-corrected chi connectivity index (χ1v) is 10.7. The number of esters is 1. The predicted octanol–water partition coefficient (Wildman–Crippen LogP) is 3.34. The molecule has 0 radical (unpaired) electrons. The quantitative estimate of drug-likeness (QED) is 0.682. The molecule has 2 aromatic carbocycles. The lowest BCUT2D eigenvalue weighted by atomic mass is 9.96. The fraction of sp³-hybridized carbons (Fsp3) is 0.375. The van der Waals surface area contributed by atoms with Gasteiger partial charge in [-0.05, 0) is 49.9 Å². The summed E-state index contributed by atoms with van der Waals surface area (Å²) >= 11 is 0. The van der Waals surface area contributed by atoms with Crippen LogP contribution in [0.3, 0.4) is 0 Å². The van der Waals surface area contributed by atoms with E-state index in [1.165, 1.54) is 4.90 Å². The van der Waals surface area contributed by atoms with E-state index in [1.807, 2.05) is 24.3 Å². The zero-order chi connectivity index (χ0) is 22.8. The lowest BCUT2D eigenvalue weighted by molar-refractivity contribution is -0.159. The molecule has 1 fully saturated rings. The van der Waals surface area contributed by atoms with E-state index in [0.717, 1.165) is 29.8 Å². The van der Waals surface area contributed by atoms with Crippen molar-refractivity contribution in [1.82, 2.24) is 4.90 Å². The van der Waals surface area contributed by atoms with E-state index in [0.29, 0.717) is 25.5 Å². The standard InChI is InChI=1S/C24H24F2N2O4/c1-15(22(29)28-13-10-16-4-2-3-5-21(16)28)32-24(31)17-8-11-27(12-9-17)23(30)19-7-6-18(25)14-20(19)26/h2-7,14-15,17H,8-13H2,1H3. The maximum absolute atomic E-state index is 13.9. The predicted molar refractivity (Wildman–Crippen MR) is 113 cm³/mol. The number of likely N-dealkylation sites (tertiary alicyclic amines) is 1. The summed E-state index contributed by atoms with van der Waals surface area (Å²) < 4.78 is 32.4. The average Bonchev–Trinajstić information content (AvgIpc) is 3.22. The van der Waals surface area contributed by atoms with Crippen LogP contribution in [0.25, 0.3) is 0 Å². The fourth-order valence-corrected chi connectivity index (χ4v) is 4.26. The number of carbonyl (C=O) groups excluding carboxylic acids is 3. The maximum atomic E-state index is 13.9. The molecule has 2 aliphatic rings. The number of ether oxygens (including phenoxy) is 1. The van der Waals surface area contributed by atoms with Crippen LogP contribution >= 0.6 is 0 Å². The molecule has 0 aliphatic carbocycles. The Hall–Kier alpha value is -3.29. The van der Waals surface area contributed by atoms with E-state index in [1.54, 1.807) is 11.8 Å². The molecule has 2 heterocycles. The normalized spacial score (nSPS) is 17.1. The number of halogens is 2. The van der Waals surface area contributed by atoms with E-state index >= 15 is 0 Å². The van der Waals surface area contributed by atoms with Gasteiger partial charge in [0.2, 0.25) is 0 Å². The molecule has 0 aromatic heterocycles. The SMILES string of the molecule is CC(OC(=O)C1CCN(C(=O)c2ccc(F)cc2F)CC1)C(=O)N1CCc2ccccc21. The van der Waals surface area contributed by atoms with E-state index in [-0.39, 0.29) is 24.6 Å². The number of piperidine rings is 1. The number of nitrogens with zero attached hydrogens (tertiary/aromatic N) is 2. The molecule has 1 unspecified atom stereocenters. The Bertz CT molecular complexity index is 1050. The van der Waals surface area contributed by atoms with E-state index in [4.69, 9.17) is 4.74 Å². The number of para-hydroxylation sites is 1. The van der Waals surface area contributed by atoms with Crippen LogP contribution < -0.4 is 4.90 Å². The third-order valence-corrected chi connectivity index (χ3v) is 6.07. The molecule has 1 saturated heterocycles. The maximum Gasteiger partial charge on any atom is 0.309 e. The van der Waals surface area contributed by atoms with Gasteiger partial charge < -0.3 is 14.5 Å². The van der Waals surface area contributed by atoms with Crippen LogP contribution in [0.2, 0.25) is 0 Å². The minimum atomic E-state index is -0.915. The van der Waals surface area contributed by atoms with Crippen molar-refractivity contribution in [1.29, 1.82) is 0 Å². The minimum absolute atomic E-state index is 0.197. The Morgan fingerprint density at radius 2 is 1.75 bits per heavy atom. The summed E-state index contributed by atoms with van der Waals surface area (Å²) in [7, 11) is 0. The van der Waals surface area contributed by atoms with Crippen LogP contribution in [0.5, 0.6) is 0 Å². The summed E-state index contributed by atoms with van der Waals surface area (Å²) in [4.78, 5) is 41.0. The van der Waals surface area contributed by atoms with Crippen molar-refractivity contribution in [2.24, 2.45) is 5.92 Å². The summed E-state index contributed by atoms with van der Waals surface area (Å²) in [5.74, 6) is -3.38. The number of amides is 2. The zero-order valence-corrected chi connectivity index (χ0v) is 17.7. The molecule has 4 rings (SSSR count). The Labute approximate surface area is 184 Å². The van der Waals surface area contributed by atoms with Crippen molar-refractivity contribution in [2.75, 3.05) is 24.5 Å². The molecule has 2 aromatic rings. The van der Waals surface area contributed by atoms with Crippen LogP contribution in [0, 0.1) is 17.6 Å². The fourth-order valence-electron chi connectivity index (χ4n) is 4.26. The highest BCUT2D eigenvalue weighted by molar-refractivity contribution is 5.99. The molecule has 1 atom stereocenters. The number of hydrogen-bond donors (Lipinski definition) is 0. The molecule has 0 N–H and O–H groups in total. The molecule has 6 nitrogen and oxygen atoms in total. The van der Waals surface area contributed by atoms with Gasteiger partial charge in [0.1, 0.15) is 11.6 Å². The minimum Gasteiger partial charge on any atom is -0.452 e. The first-order chi connectivity index (χ1) is 15.3. The number of fused-ring (bicyclic) bond motifs is 1. The summed E-state index contributed by atoms with van der Waals surface area (Å²) in [6.07, 6.45) is 0.549. The summed E-state index contributed by atoms with van der Waals surface area (Å²) in [5.41, 5.74) is 1.74. The molecular formula is C24H24F2N2O4. The first-order valence-electron chi connectivity index (χ1n) is 10.7. The van der Waals surface area contributed by atoms with Gasteiger partial charge in [0.25, 0.3) is 11.8 Å². The second kappa shape index (κ2) is 9.06. The molecule has 32 heavy (non-hydrogen) atoms. The highest BCUT2D eigenvalue weighted by Gasteiger charge is 2.34. The first kappa shape index (κ1) is 21.9. The lowest BCUT2D eigenvalue weighted by Gasteiger charge is -2.31. The van der Waals surface area contributed by atoms with Crippen molar-refractivity contribution < 1.29 is 27.9 Å². The van der Waals surface area contributed by atoms with Crippen molar-refractivity contribution >= 4 is 23.5 Å². The van der Waals surface area contributed by atoms with Gasteiger partial charge in [-0.3, -0.25) is 14.4 Å². The average molecular weight is 442 g/mol. The third-order valence-electron chi connectivity index (χ3n) is 6.07. The Kier molecular flexibility index (Phi) is 6.21. The van der Waals surface area contributed by atoms with E-state index < -0.39 is 35.5 Å². The molecule has 168 valence electrons. The summed E-state index contributed by atoms with van der Waals surface area (Å²) in [6.45, 7) is 2.62. The number of benzene rings is 2. The van der Waals surface area contributed by atoms with Gasteiger partial charge >= 0.3 is 5.97 Å². The second-order valence-corrected chi connectivity index (χ2v) is 8.14. The molecule has 0 bridgehead atoms. The molecule has 0 saturated carbocycles. The van der Waals surface area contributed by atoms with Gasteiger partial charge in [-0.1, -0.05) is 18.2 Å². The Balaban J connectivity index is 1.31. The third kappa shape index (κ3) is 4.35. The van der Waals surface area contributed by atoms with Gasteiger partial charge in [0, 0.05) is 31.4 Å². The second-order valence-electron chi connectivity index (χ2n) is 8.14. The van der Waals surface area contributed by atoms with Gasteiger partial charge in [0.15, 0.2) is 6.10 Å². The van der Waals surface area contributed by atoms with Crippen molar-refractivity contribution in [2.45, 2.75) is 32.3 Å². The lowest BCUT2D eigenvalue weighted by Crippen LogP contribution is -2.43. The molecule has 0 spiro atoms. The Morgan fingerprint density at radius 1 is 1.03 bits per heavy atom. The number of anilines is 1. The van der Waals surface area contributed by atoms with Crippen molar-refractivity contribution in [3.05, 3.63) is 65.2 Å². The largest absolute Gasteiger partial charge is 0.452 e. The number of carbonyl (C=O) groups is 3. The van der Waals surface area contributed by atoms with Crippen LogP contribution in [0.4, 0.5) is 14.5 Å². The van der Waals surface area contributed by atoms with Crippen LogP contribution in [-0.4, -0.2) is 48.4 Å². The smallest absolute Gasteiger partial charge is 0.309 e. The topological polar surface area (TPSA) is 66.9 Å². The van der Waals surface area contributed by atoms with Gasteiger partial charge in [-0.2, -0.15) is 0 Å². The highest BCUT2D eigenvalue weighted by Crippen LogP contribution is 2.29. The van der Waals surface area contributed by atoms with Crippen molar-refractivity contribution in [3.63, 3.8) is 0 Å². The van der Waals surface area contributed by atoms with Crippen LogP contribution in [0.15, 0.2) is 42.5 Å². The van der Waals surface area contributed by atoms with Gasteiger partial charge in [-0.25, -0.2) is 8.78 Å². The molecule has 2 amide bonds. The zero-order valence-electron chi connectivity index (χ0n) is 17.7. The van der Waals surface area contributed by atoms with Crippen LogP contribution in [0.1, 0.15) is 35.7 Å². The number of rotatable bonds is 4.